The Hall–Kier alpha value is -1.09. The molecule has 0 unspecified atom stereocenters. The van der Waals surface area contributed by atoms with E-state index in [4.69, 9.17) is 5.11 Å². The number of halogens is 1. The number of aliphatic hydroxyl groups is 1. The van der Waals surface area contributed by atoms with Crippen LogP contribution < -0.4 is 4.90 Å². The highest BCUT2D eigenvalue weighted by Gasteiger charge is 2.00. The van der Waals surface area contributed by atoms with Crippen LogP contribution in [0.5, 0.6) is 0 Å². The Morgan fingerprint density at radius 2 is 2.00 bits per heavy atom. The summed E-state index contributed by atoms with van der Waals surface area (Å²) in [5.41, 5.74) is 1.36. The topological polar surface area (TPSA) is 23.5 Å². The van der Waals surface area contributed by atoms with Crippen LogP contribution >= 0.6 is 0 Å². The minimum Gasteiger partial charge on any atom is -0.392 e. The van der Waals surface area contributed by atoms with Crippen LogP contribution in [0.25, 0.3) is 0 Å². The van der Waals surface area contributed by atoms with Crippen molar-refractivity contribution < 1.29 is 9.50 Å². The van der Waals surface area contributed by atoms with E-state index in [1.807, 2.05) is 14.1 Å². The lowest BCUT2D eigenvalue weighted by Gasteiger charge is -2.13. The Morgan fingerprint density at radius 1 is 1.33 bits per heavy atom. The van der Waals surface area contributed by atoms with Crippen molar-refractivity contribution in [2.75, 3.05) is 19.0 Å². The minimum atomic E-state index is -0.315. The second-order valence-electron chi connectivity index (χ2n) is 2.87. The predicted octanol–water partition coefficient (Wildman–Crippen LogP) is 1.38. The number of nitrogens with zero attached hydrogens (tertiary/aromatic N) is 1. The van der Waals surface area contributed by atoms with Gasteiger partial charge < -0.3 is 10.0 Å². The van der Waals surface area contributed by atoms with Crippen LogP contribution in [0, 0.1) is 5.82 Å². The molecule has 0 aliphatic carbocycles. The Morgan fingerprint density at radius 3 is 2.50 bits per heavy atom. The second kappa shape index (κ2) is 3.54. The molecule has 3 heteroatoms. The van der Waals surface area contributed by atoms with Crippen molar-refractivity contribution in [3.8, 4) is 0 Å². The quantitative estimate of drug-likeness (QED) is 0.723. The molecule has 1 rings (SSSR count). The smallest absolute Gasteiger partial charge is 0.125 e. The van der Waals surface area contributed by atoms with E-state index in [1.54, 1.807) is 11.0 Å². The van der Waals surface area contributed by atoms with Crippen LogP contribution in [-0.2, 0) is 6.61 Å². The summed E-state index contributed by atoms with van der Waals surface area (Å²) in [5, 5.41) is 8.78. The number of rotatable bonds is 2. The molecule has 0 fully saturated rings. The summed E-state index contributed by atoms with van der Waals surface area (Å²) in [6.07, 6.45) is 0. The predicted molar refractivity (Wildman–Crippen MR) is 46.6 cm³/mol. The van der Waals surface area contributed by atoms with Gasteiger partial charge in [0.15, 0.2) is 0 Å². The van der Waals surface area contributed by atoms with Gasteiger partial charge in [0.25, 0.3) is 0 Å². The fourth-order valence-corrected chi connectivity index (χ4v) is 0.983. The Labute approximate surface area is 71.2 Å². The van der Waals surface area contributed by atoms with Crippen LogP contribution in [0.3, 0.4) is 0 Å². The molecule has 0 aromatic heterocycles. The van der Waals surface area contributed by atoms with Gasteiger partial charge in [-0.3, -0.25) is 0 Å². The van der Waals surface area contributed by atoms with Gasteiger partial charge in [-0.2, -0.15) is 0 Å². The SMILES string of the molecule is CN(C)c1cc(F)cc(CO)c1. The van der Waals surface area contributed by atoms with Gasteiger partial charge in [0.2, 0.25) is 0 Å². The van der Waals surface area contributed by atoms with Crippen molar-refractivity contribution in [3.05, 3.63) is 29.6 Å². The molecule has 0 radical (unpaired) electrons. The van der Waals surface area contributed by atoms with E-state index in [0.717, 1.165) is 5.69 Å². The average molecular weight is 169 g/mol. The highest BCUT2D eigenvalue weighted by atomic mass is 19.1. The maximum Gasteiger partial charge on any atom is 0.125 e. The molecular weight excluding hydrogens is 157 g/mol. The van der Waals surface area contributed by atoms with Crippen molar-refractivity contribution in [1.82, 2.24) is 0 Å². The van der Waals surface area contributed by atoms with E-state index in [2.05, 4.69) is 0 Å². The first kappa shape index (κ1) is 9.00. The van der Waals surface area contributed by atoms with Gasteiger partial charge >= 0.3 is 0 Å². The Bertz CT molecular complexity index is 273. The largest absolute Gasteiger partial charge is 0.392 e. The third-order valence-corrected chi connectivity index (χ3v) is 1.64. The molecule has 0 aliphatic rings. The molecule has 0 atom stereocenters. The zero-order valence-corrected chi connectivity index (χ0v) is 7.21. The van der Waals surface area contributed by atoms with Gasteiger partial charge in [-0.15, -0.1) is 0 Å². The van der Waals surface area contributed by atoms with Crippen molar-refractivity contribution >= 4 is 5.69 Å². The highest BCUT2D eigenvalue weighted by Crippen LogP contribution is 2.16. The third-order valence-electron chi connectivity index (χ3n) is 1.64. The molecule has 1 N–H and O–H groups in total. The minimum absolute atomic E-state index is 0.126. The molecule has 0 aliphatic heterocycles. The molecule has 0 bridgehead atoms. The van der Waals surface area contributed by atoms with Crippen LogP contribution in [-0.4, -0.2) is 19.2 Å². The molecule has 66 valence electrons. The molecule has 0 saturated carbocycles. The molecular formula is C9H12FNO. The molecule has 0 saturated heterocycles. The van der Waals surface area contributed by atoms with Crippen LogP contribution in [0.4, 0.5) is 10.1 Å². The molecule has 2 nitrogen and oxygen atoms in total. The van der Waals surface area contributed by atoms with E-state index in [-0.39, 0.29) is 12.4 Å². The fourth-order valence-electron chi connectivity index (χ4n) is 0.983. The summed E-state index contributed by atoms with van der Waals surface area (Å²) in [4.78, 5) is 1.79. The van der Waals surface area contributed by atoms with E-state index >= 15 is 0 Å². The van der Waals surface area contributed by atoms with Crippen LogP contribution in [0.2, 0.25) is 0 Å². The summed E-state index contributed by atoms with van der Waals surface area (Å²) >= 11 is 0. The number of aliphatic hydroxyl groups excluding tert-OH is 1. The molecule has 12 heavy (non-hydrogen) atoms. The first-order chi connectivity index (χ1) is 5.63. The molecule has 1 aromatic rings. The summed E-state index contributed by atoms with van der Waals surface area (Å²) < 4.78 is 12.8. The van der Waals surface area contributed by atoms with Crippen molar-refractivity contribution in [2.24, 2.45) is 0 Å². The lowest BCUT2D eigenvalue weighted by molar-refractivity contribution is 0.281. The molecule has 0 spiro atoms. The summed E-state index contributed by atoms with van der Waals surface area (Å²) in [7, 11) is 3.66. The summed E-state index contributed by atoms with van der Waals surface area (Å²) in [6.45, 7) is -0.126. The van der Waals surface area contributed by atoms with E-state index in [0.29, 0.717) is 5.56 Å². The second-order valence-corrected chi connectivity index (χ2v) is 2.87. The highest BCUT2D eigenvalue weighted by molar-refractivity contribution is 5.47. The Balaban J connectivity index is 3.06. The molecule has 0 amide bonds. The monoisotopic (exact) mass is 169 g/mol. The van der Waals surface area contributed by atoms with Gasteiger partial charge in [0, 0.05) is 19.8 Å². The summed E-state index contributed by atoms with van der Waals surface area (Å²) in [5.74, 6) is -0.315. The zero-order valence-electron chi connectivity index (χ0n) is 7.21. The first-order valence-corrected chi connectivity index (χ1v) is 3.71. The number of hydrogen-bond acceptors (Lipinski definition) is 2. The lowest BCUT2D eigenvalue weighted by atomic mass is 10.2. The van der Waals surface area contributed by atoms with Crippen LogP contribution in [0.15, 0.2) is 18.2 Å². The first-order valence-electron chi connectivity index (χ1n) is 3.71. The summed E-state index contributed by atoms with van der Waals surface area (Å²) in [6, 6.07) is 4.51. The van der Waals surface area contributed by atoms with Crippen LogP contribution in [0.1, 0.15) is 5.56 Å². The molecule has 0 heterocycles. The fraction of sp³-hybridized carbons (Fsp3) is 0.333. The normalized spacial score (nSPS) is 10.0. The standard InChI is InChI=1S/C9H12FNO/c1-11(2)9-4-7(6-12)3-8(10)5-9/h3-5,12H,6H2,1-2H3. The van der Waals surface area contributed by atoms with Gasteiger partial charge in [0.05, 0.1) is 6.61 Å². The van der Waals surface area contributed by atoms with Gasteiger partial charge in [0.1, 0.15) is 5.82 Å². The van der Waals surface area contributed by atoms with E-state index < -0.39 is 0 Å². The van der Waals surface area contributed by atoms with E-state index in [1.165, 1.54) is 12.1 Å². The maximum absolute atomic E-state index is 12.8. The maximum atomic E-state index is 12.8. The van der Waals surface area contributed by atoms with Gasteiger partial charge in [-0.1, -0.05) is 0 Å². The van der Waals surface area contributed by atoms with Crippen molar-refractivity contribution in [2.45, 2.75) is 6.61 Å². The number of anilines is 1. The third kappa shape index (κ3) is 1.95. The Kier molecular flexibility index (Phi) is 2.65. The lowest BCUT2D eigenvalue weighted by Crippen LogP contribution is -2.09. The van der Waals surface area contributed by atoms with Gasteiger partial charge in [-0.25, -0.2) is 4.39 Å². The van der Waals surface area contributed by atoms with Crippen molar-refractivity contribution in [3.63, 3.8) is 0 Å². The van der Waals surface area contributed by atoms with Crippen molar-refractivity contribution in [1.29, 1.82) is 0 Å². The number of hydrogen-bond donors (Lipinski definition) is 1. The van der Waals surface area contributed by atoms with Gasteiger partial charge in [-0.05, 0) is 23.8 Å². The number of benzene rings is 1. The zero-order chi connectivity index (χ0) is 9.14. The average Bonchev–Trinajstić information content (AvgIpc) is 2.03. The van der Waals surface area contributed by atoms with E-state index in [9.17, 15) is 4.39 Å². The molecule has 1 aromatic carbocycles.